The first-order valence-electron chi connectivity index (χ1n) is 8.95. The number of halogens is 1. The summed E-state index contributed by atoms with van der Waals surface area (Å²) in [6.07, 6.45) is -0.493. The molecule has 2 N–H and O–H groups in total. The van der Waals surface area contributed by atoms with Gasteiger partial charge in [-0.3, -0.25) is 9.69 Å². The molecule has 142 valence electrons. The highest BCUT2D eigenvalue weighted by molar-refractivity contribution is 5.85. The van der Waals surface area contributed by atoms with Crippen LogP contribution in [0.25, 0.3) is 0 Å². The Morgan fingerprint density at radius 3 is 2.60 bits per heavy atom. The maximum absolute atomic E-state index is 12.3. The summed E-state index contributed by atoms with van der Waals surface area (Å²) in [5, 5.41) is 6.32. The van der Waals surface area contributed by atoms with E-state index in [0.29, 0.717) is 12.5 Å². The molecule has 1 unspecified atom stereocenters. The lowest BCUT2D eigenvalue weighted by molar-refractivity contribution is -0.127. The highest BCUT2D eigenvalue weighted by Crippen LogP contribution is 2.28. The summed E-state index contributed by atoms with van der Waals surface area (Å²) in [5.74, 6) is 1.12. The van der Waals surface area contributed by atoms with Gasteiger partial charge in [0.1, 0.15) is 5.75 Å². The van der Waals surface area contributed by atoms with Gasteiger partial charge < -0.3 is 15.4 Å². The van der Waals surface area contributed by atoms with Crippen molar-refractivity contribution < 1.29 is 9.53 Å². The Bertz CT molecular complexity index is 545. The van der Waals surface area contributed by atoms with Crippen molar-refractivity contribution in [2.45, 2.75) is 39.7 Å². The molecule has 1 amide bonds. The van der Waals surface area contributed by atoms with Crippen LogP contribution < -0.4 is 15.4 Å². The minimum atomic E-state index is -0.493. The number of hydrogen-bond donors (Lipinski definition) is 2. The van der Waals surface area contributed by atoms with Gasteiger partial charge in [0, 0.05) is 39.3 Å². The Morgan fingerprint density at radius 2 is 1.96 bits per heavy atom. The molecule has 1 aromatic rings. The molecule has 1 fully saturated rings. The van der Waals surface area contributed by atoms with E-state index in [4.69, 9.17) is 4.74 Å². The minimum Gasteiger partial charge on any atom is -0.481 e. The van der Waals surface area contributed by atoms with Crippen LogP contribution in [0.4, 0.5) is 0 Å². The first-order chi connectivity index (χ1) is 11.5. The SMILES string of the molecule is Cc1ccc(C(C)C)c(OC(C)C(=O)NCCN2CCNCC2)c1.Cl. The smallest absolute Gasteiger partial charge is 0.260 e. The second kappa shape index (κ2) is 10.6. The third-order valence-electron chi connectivity index (χ3n) is 4.40. The molecule has 1 aliphatic rings. The zero-order valence-electron chi connectivity index (χ0n) is 15.8. The summed E-state index contributed by atoms with van der Waals surface area (Å²) in [6.45, 7) is 13.8. The van der Waals surface area contributed by atoms with Crippen LogP contribution in [0.5, 0.6) is 5.75 Å². The molecule has 0 aliphatic carbocycles. The van der Waals surface area contributed by atoms with E-state index in [2.05, 4.69) is 41.5 Å². The maximum Gasteiger partial charge on any atom is 0.260 e. The average molecular weight is 370 g/mol. The zero-order chi connectivity index (χ0) is 17.5. The van der Waals surface area contributed by atoms with E-state index < -0.39 is 6.10 Å². The van der Waals surface area contributed by atoms with Crippen molar-refractivity contribution >= 4 is 18.3 Å². The van der Waals surface area contributed by atoms with Gasteiger partial charge in [-0.1, -0.05) is 26.0 Å². The van der Waals surface area contributed by atoms with Crippen molar-refractivity contribution in [2.24, 2.45) is 0 Å². The van der Waals surface area contributed by atoms with Crippen LogP contribution in [0.15, 0.2) is 18.2 Å². The first-order valence-corrected chi connectivity index (χ1v) is 8.95. The number of nitrogens with one attached hydrogen (secondary N) is 2. The van der Waals surface area contributed by atoms with Crippen LogP contribution in [0.2, 0.25) is 0 Å². The summed E-state index contributed by atoms with van der Waals surface area (Å²) in [4.78, 5) is 14.6. The second-order valence-electron chi connectivity index (χ2n) is 6.84. The highest BCUT2D eigenvalue weighted by atomic mass is 35.5. The van der Waals surface area contributed by atoms with Gasteiger partial charge in [0.25, 0.3) is 5.91 Å². The van der Waals surface area contributed by atoms with Gasteiger partial charge in [0.05, 0.1) is 0 Å². The summed E-state index contributed by atoms with van der Waals surface area (Å²) in [7, 11) is 0. The molecule has 1 heterocycles. The van der Waals surface area contributed by atoms with Crippen LogP contribution in [0.3, 0.4) is 0 Å². The zero-order valence-corrected chi connectivity index (χ0v) is 16.6. The van der Waals surface area contributed by atoms with Gasteiger partial charge in [0.15, 0.2) is 6.10 Å². The number of carbonyl (C=O) groups is 1. The predicted molar refractivity (Wildman–Crippen MR) is 105 cm³/mol. The molecule has 6 heteroatoms. The quantitative estimate of drug-likeness (QED) is 0.774. The number of rotatable bonds is 7. The molecule has 0 bridgehead atoms. The van der Waals surface area contributed by atoms with Gasteiger partial charge in [-0.15, -0.1) is 12.4 Å². The highest BCUT2D eigenvalue weighted by Gasteiger charge is 2.18. The Morgan fingerprint density at radius 1 is 1.28 bits per heavy atom. The fourth-order valence-electron chi connectivity index (χ4n) is 2.88. The first kappa shape index (κ1) is 21.7. The van der Waals surface area contributed by atoms with E-state index in [0.717, 1.165) is 49.6 Å². The molecule has 1 aliphatic heterocycles. The normalized spacial score (nSPS) is 16.2. The Balaban J connectivity index is 0.00000312. The van der Waals surface area contributed by atoms with Crippen molar-refractivity contribution in [3.05, 3.63) is 29.3 Å². The topological polar surface area (TPSA) is 53.6 Å². The number of nitrogens with zero attached hydrogens (tertiary/aromatic N) is 1. The molecule has 1 atom stereocenters. The van der Waals surface area contributed by atoms with Crippen LogP contribution in [-0.4, -0.2) is 56.2 Å². The largest absolute Gasteiger partial charge is 0.481 e. The van der Waals surface area contributed by atoms with E-state index in [-0.39, 0.29) is 18.3 Å². The molecule has 0 saturated carbocycles. The van der Waals surface area contributed by atoms with Crippen LogP contribution >= 0.6 is 12.4 Å². The van der Waals surface area contributed by atoms with Crippen LogP contribution in [0, 0.1) is 6.92 Å². The third-order valence-corrected chi connectivity index (χ3v) is 4.40. The summed E-state index contributed by atoms with van der Waals surface area (Å²) < 4.78 is 5.96. The minimum absolute atomic E-state index is 0. The Labute approximate surface area is 157 Å². The number of hydrogen-bond acceptors (Lipinski definition) is 4. The maximum atomic E-state index is 12.3. The number of aryl methyl sites for hydroxylation is 1. The van der Waals surface area contributed by atoms with Crippen molar-refractivity contribution in [3.8, 4) is 5.75 Å². The number of ether oxygens (including phenoxy) is 1. The lowest BCUT2D eigenvalue weighted by atomic mass is 10.0. The van der Waals surface area contributed by atoms with Gasteiger partial charge in [-0.25, -0.2) is 0 Å². The van der Waals surface area contributed by atoms with Crippen LogP contribution in [0.1, 0.15) is 37.8 Å². The van der Waals surface area contributed by atoms with E-state index in [1.165, 1.54) is 0 Å². The summed E-state index contributed by atoms with van der Waals surface area (Å²) in [5.41, 5.74) is 2.28. The number of piperazine rings is 1. The molecule has 5 nitrogen and oxygen atoms in total. The lowest BCUT2D eigenvalue weighted by Gasteiger charge is -2.27. The molecule has 0 radical (unpaired) electrons. The second-order valence-corrected chi connectivity index (χ2v) is 6.84. The fourth-order valence-corrected chi connectivity index (χ4v) is 2.88. The van der Waals surface area contributed by atoms with Crippen molar-refractivity contribution in [3.63, 3.8) is 0 Å². The van der Waals surface area contributed by atoms with E-state index in [1.807, 2.05) is 19.9 Å². The van der Waals surface area contributed by atoms with Gasteiger partial charge in [0.2, 0.25) is 0 Å². The molecular formula is C19H32ClN3O2. The van der Waals surface area contributed by atoms with Crippen molar-refractivity contribution in [1.29, 1.82) is 0 Å². The Hall–Kier alpha value is -1.30. The average Bonchev–Trinajstić information content (AvgIpc) is 2.55. The molecule has 1 saturated heterocycles. The molecule has 25 heavy (non-hydrogen) atoms. The van der Waals surface area contributed by atoms with Gasteiger partial charge >= 0.3 is 0 Å². The van der Waals surface area contributed by atoms with Crippen molar-refractivity contribution in [2.75, 3.05) is 39.3 Å². The van der Waals surface area contributed by atoms with Gasteiger partial charge in [-0.05, 0) is 37.0 Å². The van der Waals surface area contributed by atoms with E-state index >= 15 is 0 Å². The molecule has 0 spiro atoms. The summed E-state index contributed by atoms with van der Waals surface area (Å²) >= 11 is 0. The molecular weight excluding hydrogens is 338 g/mol. The number of amides is 1. The molecule has 2 rings (SSSR count). The fraction of sp³-hybridized carbons (Fsp3) is 0.632. The van der Waals surface area contributed by atoms with Gasteiger partial charge in [-0.2, -0.15) is 0 Å². The predicted octanol–water partition coefficient (Wildman–Crippen LogP) is 2.33. The third kappa shape index (κ3) is 6.84. The number of benzene rings is 1. The standard InChI is InChI=1S/C19H31N3O2.ClH/c1-14(2)17-6-5-15(3)13-18(17)24-16(4)19(23)21-9-12-22-10-7-20-8-11-22;/h5-6,13-14,16,20H,7-12H2,1-4H3,(H,21,23);1H. The molecule has 1 aromatic carbocycles. The van der Waals surface area contributed by atoms with Crippen LogP contribution in [-0.2, 0) is 4.79 Å². The van der Waals surface area contributed by atoms with E-state index in [1.54, 1.807) is 0 Å². The summed E-state index contributed by atoms with van der Waals surface area (Å²) in [6, 6.07) is 6.19. The number of carbonyl (C=O) groups excluding carboxylic acids is 1. The molecule has 0 aromatic heterocycles. The van der Waals surface area contributed by atoms with Crippen molar-refractivity contribution in [1.82, 2.24) is 15.5 Å². The Kier molecular flexibility index (Phi) is 9.25. The van der Waals surface area contributed by atoms with E-state index in [9.17, 15) is 4.79 Å². The monoisotopic (exact) mass is 369 g/mol. The lowest BCUT2D eigenvalue weighted by Crippen LogP contribution is -2.47.